The lowest BCUT2D eigenvalue weighted by Gasteiger charge is -2.09. The maximum absolute atomic E-state index is 11.0. The summed E-state index contributed by atoms with van der Waals surface area (Å²) in [6, 6.07) is 4.88. The summed E-state index contributed by atoms with van der Waals surface area (Å²) in [5, 5.41) is 14.2. The smallest absolute Gasteiger partial charge is 0.310 e. The predicted molar refractivity (Wildman–Crippen MR) is 78.7 cm³/mol. The molecule has 7 nitrogen and oxygen atoms in total. The Hall–Kier alpha value is -1.70. The molecule has 0 aliphatic heterocycles. The van der Waals surface area contributed by atoms with E-state index in [9.17, 15) is 10.1 Å². The SMILES string of the molecule is CCNCc1ccc([N+](=O)[O-])c(OCCOCCOC)c1. The third-order valence-electron chi connectivity index (χ3n) is 2.72. The first-order chi connectivity index (χ1) is 10.2. The van der Waals surface area contributed by atoms with Crippen LogP contribution in [0.3, 0.4) is 0 Å². The Morgan fingerprint density at radius 2 is 2.00 bits per heavy atom. The van der Waals surface area contributed by atoms with Crippen molar-refractivity contribution in [3.63, 3.8) is 0 Å². The van der Waals surface area contributed by atoms with E-state index in [-0.39, 0.29) is 18.0 Å². The van der Waals surface area contributed by atoms with Crippen molar-refractivity contribution in [2.45, 2.75) is 13.5 Å². The molecule has 0 aliphatic carbocycles. The second-order valence-corrected chi connectivity index (χ2v) is 4.29. The van der Waals surface area contributed by atoms with Crippen molar-refractivity contribution in [2.24, 2.45) is 0 Å². The lowest BCUT2D eigenvalue weighted by Crippen LogP contribution is -2.13. The maximum Gasteiger partial charge on any atom is 0.310 e. The van der Waals surface area contributed by atoms with E-state index in [1.54, 1.807) is 19.2 Å². The van der Waals surface area contributed by atoms with Crippen molar-refractivity contribution < 1.29 is 19.1 Å². The van der Waals surface area contributed by atoms with Crippen LogP contribution in [0.5, 0.6) is 5.75 Å². The fourth-order valence-electron chi connectivity index (χ4n) is 1.66. The van der Waals surface area contributed by atoms with Gasteiger partial charge in [-0.15, -0.1) is 0 Å². The van der Waals surface area contributed by atoms with Crippen LogP contribution in [0.25, 0.3) is 0 Å². The van der Waals surface area contributed by atoms with E-state index in [4.69, 9.17) is 14.2 Å². The maximum atomic E-state index is 11.0. The molecule has 0 aromatic heterocycles. The Bertz CT molecular complexity index is 439. The van der Waals surface area contributed by atoms with E-state index in [1.165, 1.54) is 6.07 Å². The van der Waals surface area contributed by atoms with Gasteiger partial charge in [0.2, 0.25) is 0 Å². The first kappa shape index (κ1) is 17.4. The molecular weight excluding hydrogens is 276 g/mol. The van der Waals surface area contributed by atoms with E-state index in [1.807, 2.05) is 6.92 Å². The second kappa shape index (κ2) is 10.1. The molecule has 1 rings (SSSR count). The van der Waals surface area contributed by atoms with Crippen LogP contribution in [0.4, 0.5) is 5.69 Å². The van der Waals surface area contributed by atoms with Crippen LogP contribution in [0, 0.1) is 10.1 Å². The zero-order valence-corrected chi connectivity index (χ0v) is 12.5. The van der Waals surface area contributed by atoms with E-state index in [2.05, 4.69) is 5.32 Å². The van der Waals surface area contributed by atoms with Gasteiger partial charge in [0.25, 0.3) is 0 Å². The molecule has 7 heteroatoms. The summed E-state index contributed by atoms with van der Waals surface area (Å²) < 4.78 is 15.6. The van der Waals surface area contributed by atoms with Gasteiger partial charge in [0.15, 0.2) is 5.75 Å². The summed E-state index contributed by atoms with van der Waals surface area (Å²) in [5.74, 6) is 0.269. The third-order valence-corrected chi connectivity index (χ3v) is 2.72. The number of nitro benzene ring substituents is 1. The highest BCUT2D eigenvalue weighted by atomic mass is 16.6. The number of hydrogen-bond donors (Lipinski definition) is 1. The van der Waals surface area contributed by atoms with Gasteiger partial charge in [-0.2, -0.15) is 0 Å². The summed E-state index contributed by atoms with van der Waals surface area (Å²) in [5.41, 5.74) is 0.907. The van der Waals surface area contributed by atoms with Crippen LogP contribution in [0.1, 0.15) is 12.5 Å². The number of methoxy groups -OCH3 is 1. The third kappa shape index (κ3) is 6.52. The number of nitrogens with zero attached hydrogens (tertiary/aromatic N) is 1. The first-order valence-corrected chi connectivity index (χ1v) is 6.86. The summed E-state index contributed by atoms with van der Waals surface area (Å²) >= 11 is 0. The van der Waals surface area contributed by atoms with E-state index in [0.29, 0.717) is 26.4 Å². The highest BCUT2D eigenvalue weighted by molar-refractivity contribution is 5.48. The van der Waals surface area contributed by atoms with Crippen molar-refractivity contribution in [2.75, 3.05) is 40.1 Å². The van der Waals surface area contributed by atoms with Gasteiger partial charge in [0.1, 0.15) is 6.61 Å². The molecule has 0 saturated heterocycles. The van der Waals surface area contributed by atoms with Crippen molar-refractivity contribution in [1.29, 1.82) is 0 Å². The molecular formula is C14H22N2O5. The monoisotopic (exact) mass is 298 g/mol. The van der Waals surface area contributed by atoms with Crippen LogP contribution in [-0.2, 0) is 16.0 Å². The van der Waals surface area contributed by atoms with E-state index >= 15 is 0 Å². The first-order valence-electron chi connectivity index (χ1n) is 6.86. The van der Waals surface area contributed by atoms with Gasteiger partial charge in [-0.05, 0) is 18.2 Å². The molecule has 1 N–H and O–H groups in total. The summed E-state index contributed by atoms with van der Waals surface area (Å²) in [6.07, 6.45) is 0. The molecule has 0 saturated carbocycles. The Morgan fingerprint density at radius 3 is 2.67 bits per heavy atom. The van der Waals surface area contributed by atoms with Crippen LogP contribution in [0.2, 0.25) is 0 Å². The molecule has 0 aliphatic rings. The summed E-state index contributed by atoms with van der Waals surface area (Å²) in [7, 11) is 1.60. The van der Waals surface area contributed by atoms with Crippen LogP contribution in [0.15, 0.2) is 18.2 Å². The lowest BCUT2D eigenvalue weighted by atomic mass is 10.2. The van der Waals surface area contributed by atoms with Gasteiger partial charge in [0.05, 0.1) is 24.7 Å². The van der Waals surface area contributed by atoms with Crippen LogP contribution in [-0.4, -0.2) is 45.0 Å². The van der Waals surface area contributed by atoms with E-state index in [0.717, 1.165) is 12.1 Å². The second-order valence-electron chi connectivity index (χ2n) is 4.29. The number of nitro groups is 1. The Kier molecular flexibility index (Phi) is 8.34. The molecule has 0 amide bonds. The number of nitrogens with one attached hydrogen (secondary N) is 1. The number of ether oxygens (including phenoxy) is 3. The minimum absolute atomic E-state index is 0.0351. The Balaban J connectivity index is 2.57. The molecule has 0 unspecified atom stereocenters. The molecule has 0 heterocycles. The Morgan fingerprint density at radius 1 is 1.24 bits per heavy atom. The normalized spacial score (nSPS) is 10.6. The molecule has 118 valence electrons. The van der Waals surface area contributed by atoms with Crippen molar-refractivity contribution >= 4 is 5.69 Å². The van der Waals surface area contributed by atoms with Gasteiger partial charge in [-0.3, -0.25) is 10.1 Å². The molecule has 0 atom stereocenters. The minimum atomic E-state index is -0.446. The van der Waals surface area contributed by atoms with Crippen molar-refractivity contribution in [3.8, 4) is 5.75 Å². The topological polar surface area (TPSA) is 82.9 Å². The number of rotatable bonds is 11. The molecule has 0 radical (unpaired) electrons. The fraction of sp³-hybridized carbons (Fsp3) is 0.571. The minimum Gasteiger partial charge on any atom is -0.484 e. The molecule has 0 fully saturated rings. The average molecular weight is 298 g/mol. The lowest BCUT2D eigenvalue weighted by molar-refractivity contribution is -0.385. The van der Waals surface area contributed by atoms with Crippen LogP contribution >= 0.6 is 0 Å². The molecule has 21 heavy (non-hydrogen) atoms. The van der Waals surface area contributed by atoms with E-state index < -0.39 is 4.92 Å². The standard InChI is InChI=1S/C14H22N2O5/c1-3-15-11-12-4-5-13(16(17)18)14(10-12)21-9-8-20-7-6-19-2/h4-5,10,15H,3,6-9,11H2,1-2H3. The van der Waals surface area contributed by atoms with Gasteiger partial charge >= 0.3 is 5.69 Å². The van der Waals surface area contributed by atoms with Gasteiger partial charge in [-0.1, -0.05) is 13.0 Å². The molecule has 1 aromatic carbocycles. The van der Waals surface area contributed by atoms with Gasteiger partial charge < -0.3 is 19.5 Å². The van der Waals surface area contributed by atoms with Gasteiger partial charge in [0, 0.05) is 19.7 Å². The zero-order chi connectivity index (χ0) is 15.5. The molecule has 0 bridgehead atoms. The molecule has 1 aromatic rings. The number of hydrogen-bond acceptors (Lipinski definition) is 6. The average Bonchev–Trinajstić information content (AvgIpc) is 2.48. The number of benzene rings is 1. The summed E-state index contributed by atoms with van der Waals surface area (Å²) in [4.78, 5) is 10.5. The largest absolute Gasteiger partial charge is 0.484 e. The summed E-state index contributed by atoms with van der Waals surface area (Å²) in [6.45, 7) is 5.09. The predicted octanol–water partition coefficient (Wildman–Crippen LogP) is 1.75. The zero-order valence-electron chi connectivity index (χ0n) is 12.5. The fourth-order valence-corrected chi connectivity index (χ4v) is 1.66. The molecule has 0 spiro atoms. The highest BCUT2D eigenvalue weighted by Gasteiger charge is 2.15. The van der Waals surface area contributed by atoms with Crippen molar-refractivity contribution in [1.82, 2.24) is 5.32 Å². The quantitative estimate of drug-likeness (QED) is 0.381. The van der Waals surface area contributed by atoms with Gasteiger partial charge in [-0.25, -0.2) is 0 Å². The van der Waals surface area contributed by atoms with Crippen molar-refractivity contribution in [3.05, 3.63) is 33.9 Å². The van der Waals surface area contributed by atoms with Crippen LogP contribution < -0.4 is 10.1 Å². The highest BCUT2D eigenvalue weighted by Crippen LogP contribution is 2.27. The Labute approximate surface area is 124 Å².